The van der Waals surface area contributed by atoms with Crippen molar-refractivity contribution in [1.29, 1.82) is 0 Å². The summed E-state index contributed by atoms with van der Waals surface area (Å²) in [6, 6.07) is 8.42. The first-order chi connectivity index (χ1) is 10.8. The number of rotatable bonds is 4. The van der Waals surface area contributed by atoms with Gasteiger partial charge >= 0.3 is 0 Å². The van der Waals surface area contributed by atoms with Crippen LogP contribution < -0.4 is 0 Å². The monoisotopic (exact) mass is 294 g/mol. The zero-order valence-electron chi connectivity index (χ0n) is 13.8. The molecular weight excluding hydrogens is 268 g/mol. The molecule has 1 aliphatic carbocycles. The largest absolute Gasteiger partial charge is 0.236 e. The van der Waals surface area contributed by atoms with Crippen LogP contribution in [0, 0.1) is 12.8 Å². The van der Waals surface area contributed by atoms with Gasteiger partial charge < -0.3 is 0 Å². The standard InChI is InChI=1S/C20H26N2/c1-3-4-16-7-11-17(12-8-16)19-13-21-20(22-14-19)18-9-5-15(2)6-10-18/h5-6,9-10,13-14,16-17H,3-4,7-8,11-12H2,1-2H3. The summed E-state index contributed by atoms with van der Waals surface area (Å²) in [5.41, 5.74) is 3.69. The van der Waals surface area contributed by atoms with Crippen LogP contribution in [0.2, 0.25) is 0 Å². The van der Waals surface area contributed by atoms with Crippen LogP contribution in [0.5, 0.6) is 0 Å². The van der Waals surface area contributed by atoms with Crippen LogP contribution in [0.25, 0.3) is 11.4 Å². The fraction of sp³-hybridized carbons (Fsp3) is 0.500. The third-order valence-corrected chi connectivity index (χ3v) is 5.00. The number of hydrogen-bond donors (Lipinski definition) is 0. The summed E-state index contributed by atoms with van der Waals surface area (Å²) in [5.74, 6) is 2.46. The molecule has 1 aliphatic rings. The van der Waals surface area contributed by atoms with Crippen molar-refractivity contribution < 1.29 is 0 Å². The zero-order chi connectivity index (χ0) is 15.4. The fourth-order valence-electron chi connectivity index (χ4n) is 3.59. The molecule has 0 unspecified atom stereocenters. The molecule has 22 heavy (non-hydrogen) atoms. The minimum Gasteiger partial charge on any atom is -0.236 e. The predicted molar refractivity (Wildman–Crippen MR) is 91.8 cm³/mol. The highest BCUT2D eigenvalue weighted by Gasteiger charge is 2.22. The van der Waals surface area contributed by atoms with E-state index in [4.69, 9.17) is 0 Å². The first-order valence-corrected chi connectivity index (χ1v) is 8.65. The molecule has 0 radical (unpaired) electrons. The molecule has 0 spiro atoms. The number of nitrogens with zero attached hydrogens (tertiary/aromatic N) is 2. The minimum absolute atomic E-state index is 0.667. The van der Waals surface area contributed by atoms with E-state index in [-0.39, 0.29) is 0 Å². The summed E-state index contributed by atoms with van der Waals surface area (Å²) < 4.78 is 0. The van der Waals surface area contributed by atoms with Crippen LogP contribution in [-0.4, -0.2) is 9.97 Å². The van der Waals surface area contributed by atoms with Gasteiger partial charge in [0.2, 0.25) is 0 Å². The van der Waals surface area contributed by atoms with Gasteiger partial charge in [-0.3, -0.25) is 0 Å². The summed E-state index contributed by atoms with van der Waals surface area (Å²) in [7, 11) is 0. The number of hydrogen-bond acceptors (Lipinski definition) is 2. The average Bonchev–Trinajstić information content (AvgIpc) is 2.57. The van der Waals surface area contributed by atoms with Crippen molar-refractivity contribution in [3.63, 3.8) is 0 Å². The van der Waals surface area contributed by atoms with Crippen LogP contribution >= 0.6 is 0 Å². The van der Waals surface area contributed by atoms with Gasteiger partial charge in [0.15, 0.2) is 5.82 Å². The minimum atomic E-state index is 0.667. The van der Waals surface area contributed by atoms with Crippen molar-refractivity contribution in [3.8, 4) is 11.4 Å². The van der Waals surface area contributed by atoms with E-state index in [0.29, 0.717) is 5.92 Å². The molecule has 0 atom stereocenters. The third-order valence-electron chi connectivity index (χ3n) is 5.00. The molecule has 0 amide bonds. The van der Waals surface area contributed by atoms with Crippen molar-refractivity contribution in [2.24, 2.45) is 5.92 Å². The molecule has 0 N–H and O–H groups in total. The highest BCUT2D eigenvalue weighted by molar-refractivity contribution is 5.55. The van der Waals surface area contributed by atoms with Crippen molar-refractivity contribution in [1.82, 2.24) is 9.97 Å². The summed E-state index contributed by atoms with van der Waals surface area (Å²) in [5, 5.41) is 0. The Morgan fingerprint density at radius 2 is 1.59 bits per heavy atom. The third kappa shape index (κ3) is 3.55. The van der Waals surface area contributed by atoms with Crippen molar-refractivity contribution in [2.45, 2.75) is 58.3 Å². The first kappa shape index (κ1) is 15.2. The molecule has 1 fully saturated rings. The quantitative estimate of drug-likeness (QED) is 0.741. The maximum atomic E-state index is 4.60. The smallest absolute Gasteiger partial charge is 0.159 e. The van der Waals surface area contributed by atoms with Crippen LogP contribution in [0.15, 0.2) is 36.7 Å². The number of aryl methyl sites for hydroxylation is 1. The Hall–Kier alpha value is -1.70. The predicted octanol–water partition coefficient (Wildman–Crippen LogP) is 5.53. The van der Waals surface area contributed by atoms with Gasteiger partial charge in [0, 0.05) is 18.0 Å². The second kappa shape index (κ2) is 7.04. The Morgan fingerprint density at radius 3 is 2.18 bits per heavy atom. The molecule has 1 aromatic carbocycles. The molecule has 3 rings (SSSR count). The van der Waals surface area contributed by atoms with E-state index in [9.17, 15) is 0 Å². The van der Waals surface area contributed by atoms with Gasteiger partial charge in [-0.1, -0.05) is 49.6 Å². The second-order valence-corrected chi connectivity index (χ2v) is 6.71. The van der Waals surface area contributed by atoms with Gasteiger partial charge in [0.25, 0.3) is 0 Å². The topological polar surface area (TPSA) is 25.8 Å². The summed E-state index contributed by atoms with van der Waals surface area (Å²) in [6.07, 6.45) is 12.2. The van der Waals surface area contributed by atoms with Crippen LogP contribution in [0.3, 0.4) is 0 Å². The van der Waals surface area contributed by atoms with E-state index in [0.717, 1.165) is 17.3 Å². The molecular formula is C20H26N2. The van der Waals surface area contributed by atoms with E-state index < -0.39 is 0 Å². The molecule has 0 bridgehead atoms. The SMILES string of the molecule is CCCC1CCC(c2cnc(-c3ccc(C)cc3)nc2)CC1. The summed E-state index contributed by atoms with van der Waals surface area (Å²) in [4.78, 5) is 9.20. The van der Waals surface area contributed by atoms with E-state index in [1.165, 1.54) is 49.7 Å². The number of benzene rings is 1. The van der Waals surface area contributed by atoms with Gasteiger partial charge in [0.1, 0.15) is 0 Å². The van der Waals surface area contributed by atoms with E-state index in [2.05, 4.69) is 48.1 Å². The normalized spacial score (nSPS) is 21.7. The second-order valence-electron chi connectivity index (χ2n) is 6.71. The summed E-state index contributed by atoms with van der Waals surface area (Å²) in [6.45, 7) is 4.40. The number of aromatic nitrogens is 2. The molecule has 2 nitrogen and oxygen atoms in total. The Labute approximate surface area is 134 Å². The van der Waals surface area contributed by atoms with Gasteiger partial charge in [-0.05, 0) is 50.0 Å². The highest BCUT2D eigenvalue weighted by Crippen LogP contribution is 2.37. The Kier molecular flexibility index (Phi) is 4.87. The molecule has 1 heterocycles. The van der Waals surface area contributed by atoms with E-state index in [1.54, 1.807) is 0 Å². The lowest BCUT2D eigenvalue weighted by molar-refractivity contribution is 0.308. The first-order valence-electron chi connectivity index (χ1n) is 8.65. The Morgan fingerprint density at radius 1 is 0.955 bits per heavy atom. The Bertz CT molecular complexity index is 578. The zero-order valence-corrected chi connectivity index (χ0v) is 13.8. The van der Waals surface area contributed by atoms with Gasteiger partial charge in [-0.2, -0.15) is 0 Å². The van der Waals surface area contributed by atoms with Crippen molar-refractivity contribution in [3.05, 3.63) is 47.8 Å². The molecule has 2 aromatic rings. The molecule has 1 saturated carbocycles. The van der Waals surface area contributed by atoms with Crippen LogP contribution in [-0.2, 0) is 0 Å². The molecule has 116 valence electrons. The highest BCUT2D eigenvalue weighted by atomic mass is 14.9. The molecule has 0 aliphatic heterocycles. The lowest BCUT2D eigenvalue weighted by atomic mass is 9.78. The average molecular weight is 294 g/mol. The Balaban J connectivity index is 1.66. The van der Waals surface area contributed by atoms with E-state index in [1.807, 2.05) is 12.4 Å². The summed E-state index contributed by atoms with van der Waals surface area (Å²) >= 11 is 0. The maximum Gasteiger partial charge on any atom is 0.159 e. The molecule has 1 aromatic heterocycles. The van der Waals surface area contributed by atoms with Crippen LogP contribution in [0.1, 0.15) is 62.5 Å². The van der Waals surface area contributed by atoms with Crippen molar-refractivity contribution >= 4 is 0 Å². The van der Waals surface area contributed by atoms with E-state index >= 15 is 0 Å². The fourth-order valence-corrected chi connectivity index (χ4v) is 3.59. The van der Waals surface area contributed by atoms with Gasteiger partial charge in [0.05, 0.1) is 0 Å². The van der Waals surface area contributed by atoms with Crippen LogP contribution in [0.4, 0.5) is 0 Å². The van der Waals surface area contributed by atoms with Gasteiger partial charge in [-0.25, -0.2) is 9.97 Å². The maximum absolute atomic E-state index is 4.60. The van der Waals surface area contributed by atoms with Gasteiger partial charge in [-0.15, -0.1) is 0 Å². The lowest BCUT2D eigenvalue weighted by Gasteiger charge is -2.28. The molecule has 2 heteroatoms. The van der Waals surface area contributed by atoms with Crippen molar-refractivity contribution in [2.75, 3.05) is 0 Å². The lowest BCUT2D eigenvalue weighted by Crippen LogP contribution is -2.13. The molecule has 0 saturated heterocycles.